The van der Waals surface area contributed by atoms with Crippen LogP contribution in [0.5, 0.6) is 0 Å². The fourth-order valence-electron chi connectivity index (χ4n) is 1.20. The van der Waals surface area contributed by atoms with Crippen LogP contribution in [0, 0.1) is 0 Å². The van der Waals surface area contributed by atoms with Crippen molar-refractivity contribution in [2.75, 3.05) is 7.11 Å². The normalized spacial score (nSPS) is 48.0. The second kappa shape index (κ2) is 2.49. The lowest BCUT2D eigenvalue weighted by atomic mass is 10.1. The van der Waals surface area contributed by atoms with Crippen LogP contribution in [-0.4, -0.2) is 30.2 Å². The molecule has 60 valence electrons. The molecule has 1 rings (SSSR count). The number of hydrogen-bond acceptors (Lipinski definition) is 3. The zero-order valence-electron chi connectivity index (χ0n) is 6.63. The van der Waals surface area contributed by atoms with Crippen LogP contribution in [0.1, 0.15) is 20.3 Å². The van der Waals surface area contributed by atoms with Gasteiger partial charge in [-0.15, -0.1) is 0 Å². The molecule has 0 aromatic rings. The van der Waals surface area contributed by atoms with Gasteiger partial charge < -0.3 is 14.6 Å². The Morgan fingerprint density at radius 2 is 2.30 bits per heavy atom. The van der Waals surface area contributed by atoms with E-state index in [2.05, 4.69) is 0 Å². The Morgan fingerprint density at radius 1 is 1.70 bits per heavy atom. The van der Waals surface area contributed by atoms with Gasteiger partial charge in [-0.05, 0) is 13.8 Å². The molecular weight excluding hydrogens is 132 g/mol. The van der Waals surface area contributed by atoms with Gasteiger partial charge in [-0.25, -0.2) is 0 Å². The monoisotopic (exact) mass is 146 g/mol. The first-order valence-corrected chi connectivity index (χ1v) is 3.48. The Hall–Kier alpha value is -0.120. The van der Waals surface area contributed by atoms with Crippen molar-refractivity contribution in [3.8, 4) is 0 Å². The molecule has 3 nitrogen and oxygen atoms in total. The third-order valence-electron chi connectivity index (χ3n) is 1.99. The summed E-state index contributed by atoms with van der Waals surface area (Å²) in [5.74, 6) is -0.571. The van der Waals surface area contributed by atoms with Crippen LogP contribution in [0.15, 0.2) is 0 Å². The zero-order chi connectivity index (χ0) is 7.78. The molecule has 1 aliphatic heterocycles. The molecule has 3 heteroatoms. The van der Waals surface area contributed by atoms with Crippen molar-refractivity contribution in [2.24, 2.45) is 0 Å². The highest BCUT2D eigenvalue weighted by molar-refractivity contribution is 4.82. The summed E-state index contributed by atoms with van der Waals surface area (Å²) in [6.45, 7) is 3.68. The van der Waals surface area contributed by atoms with Crippen molar-refractivity contribution < 1.29 is 14.6 Å². The predicted molar refractivity (Wildman–Crippen MR) is 36.6 cm³/mol. The maximum absolute atomic E-state index is 9.26. The number of aliphatic hydroxyl groups excluding tert-OH is 1. The lowest BCUT2D eigenvalue weighted by Gasteiger charge is -2.21. The highest BCUT2D eigenvalue weighted by atomic mass is 16.7. The largest absolute Gasteiger partial charge is 0.390 e. The maximum Gasteiger partial charge on any atom is 0.168 e. The van der Waals surface area contributed by atoms with Gasteiger partial charge in [0.15, 0.2) is 5.79 Å². The third kappa shape index (κ3) is 1.31. The average Bonchev–Trinajstić information content (AvgIpc) is 2.10. The molecule has 1 fully saturated rings. The SMILES string of the molecule is COC1(C)CC(O)C(C)O1. The van der Waals surface area contributed by atoms with Gasteiger partial charge in [0.25, 0.3) is 0 Å². The second-order valence-electron chi connectivity index (χ2n) is 2.93. The Kier molecular flexibility index (Phi) is 1.99. The van der Waals surface area contributed by atoms with Crippen LogP contribution in [0.4, 0.5) is 0 Å². The molecule has 0 aromatic carbocycles. The predicted octanol–water partition coefficient (Wildman–Crippen LogP) is 0.519. The summed E-state index contributed by atoms with van der Waals surface area (Å²) in [5, 5.41) is 9.26. The van der Waals surface area contributed by atoms with E-state index in [1.54, 1.807) is 7.11 Å². The molecule has 0 radical (unpaired) electrons. The van der Waals surface area contributed by atoms with Crippen molar-refractivity contribution in [1.82, 2.24) is 0 Å². The Morgan fingerprint density at radius 3 is 2.50 bits per heavy atom. The van der Waals surface area contributed by atoms with Gasteiger partial charge in [0.1, 0.15) is 0 Å². The van der Waals surface area contributed by atoms with E-state index < -0.39 is 5.79 Å². The van der Waals surface area contributed by atoms with Crippen LogP contribution in [0.25, 0.3) is 0 Å². The minimum Gasteiger partial charge on any atom is -0.390 e. The summed E-state index contributed by atoms with van der Waals surface area (Å²) in [6.07, 6.45) is 0.0694. The molecule has 1 N–H and O–H groups in total. The average molecular weight is 146 g/mol. The smallest absolute Gasteiger partial charge is 0.168 e. The minimum absolute atomic E-state index is 0.107. The third-order valence-corrected chi connectivity index (χ3v) is 1.99. The van der Waals surface area contributed by atoms with E-state index in [0.29, 0.717) is 6.42 Å². The van der Waals surface area contributed by atoms with Crippen LogP contribution in [0.3, 0.4) is 0 Å². The van der Waals surface area contributed by atoms with Gasteiger partial charge in [0.05, 0.1) is 12.2 Å². The van der Waals surface area contributed by atoms with Gasteiger partial charge in [-0.1, -0.05) is 0 Å². The van der Waals surface area contributed by atoms with Gasteiger partial charge >= 0.3 is 0 Å². The summed E-state index contributed by atoms with van der Waals surface area (Å²) < 4.78 is 10.4. The zero-order valence-corrected chi connectivity index (χ0v) is 6.63. The summed E-state index contributed by atoms with van der Waals surface area (Å²) in [4.78, 5) is 0. The van der Waals surface area contributed by atoms with Crippen molar-refractivity contribution in [3.05, 3.63) is 0 Å². The van der Waals surface area contributed by atoms with E-state index in [1.807, 2.05) is 13.8 Å². The molecule has 10 heavy (non-hydrogen) atoms. The Labute approximate surface area is 60.9 Å². The molecule has 3 atom stereocenters. The molecule has 0 saturated carbocycles. The molecule has 0 amide bonds. The number of hydrogen-bond donors (Lipinski definition) is 1. The van der Waals surface area contributed by atoms with Crippen LogP contribution in [0.2, 0.25) is 0 Å². The Bertz CT molecular complexity index is 114. The number of rotatable bonds is 1. The molecule has 0 bridgehead atoms. The lowest BCUT2D eigenvalue weighted by molar-refractivity contribution is -0.196. The van der Waals surface area contributed by atoms with Crippen molar-refractivity contribution in [3.63, 3.8) is 0 Å². The molecule has 1 heterocycles. The van der Waals surface area contributed by atoms with Crippen molar-refractivity contribution >= 4 is 0 Å². The maximum atomic E-state index is 9.26. The molecule has 0 aliphatic carbocycles. The van der Waals surface area contributed by atoms with Crippen LogP contribution in [-0.2, 0) is 9.47 Å². The van der Waals surface area contributed by atoms with E-state index in [9.17, 15) is 5.11 Å². The first kappa shape index (κ1) is 7.98. The molecule has 3 unspecified atom stereocenters. The standard InChI is InChI=1S/C7H14O3/c1-5-6(8)4-7(2,9-3)10-5/h5-6,8H,4H2,1-3H3. The molecular formula is C7H14O3. The van der Waals surface area contributed by atoms with Crippen LogP contribution < -0.4 is 0 Å². The number of ether oxygens (including phenoxy) is 2. The van der Waals surface area contributed by atoms with Crippen molar-refractivity contribution in [2.45, 2.75) is 38.3 Å². The first-order chi connectivity index (χ1) is 4.57. The summed E-state index contributed by atoms with van der Waals surface area (Å²) in [7, 11) is 1.59. The summed E-state index contributed by atoms with van der Waals surface area (Å²) in [5.41, 5.74) is 0. The van der Waals surface area contributed by atoms with E-state index in [0.717, 1.165) is 0 Å². The van der Waals surface area contributed by atoms with Crippen molar-refractivity contribution in [1.29, 1.82) is 0 Å². The number of methoxy groups -OCH3 is 1. The highest BCUT2D eigenvalue weighted by Crippen LogP contribution is 2.30. The van der Waals surface area contributed by atoms with E-state index in [-0.39, 0.29) is 12.2 Å². The van der Waals surface area contributed by atoms with Gasteiger partial charge in [0.2, 0.25) is 0 Å². The fraction of sp³-hybridized carbons (Fsp3) is 1.00. The summed E-state index contributed by atoms with van der Waals surface area (Å²) in [6, 6.07) is 0. The van der Waals surface area contributed by atoms with Gasteiger partial charge in [-0.3, -0.25) is 0 Å². The van der Waals surface area contributed by atoms with E-state index in [4.69, 9.17) is 9.47 Å². The second-order valence-corrected chi connectivity index (χ2v) is 2.93. The quantitative estimate of drug-likeness (QED) is 0.586. The van der Waals surface area contributed by atoms with Gasteiger partial charge in [0, 0.05) is 13.5 Å². The summed E-state index contributed by atoms with van der Waals surface area (Å²) >= 11 is 0. The van der Waals surface area contributed by atoms with Gasteiger partial charge in [-0.2, -0.15) is 0 Å². The topological polar surface area (TPSA) is 38.7 Å². The Balaban J connectivity index is 2.55. The molecule has 1 saturated heterocycles. The fourth-order valence-corrected chi connectivity index (χ4v) is 1.20. The molecule has 1 aliphatic rings. The first-order valence-electron chi connectivity index (χ1n) is 3.48. The molecule has 0 spiro atoms. The minimum atomic E-state index is -0.571. The van der Waals surface area contributed by atoms with E-state index >= 15 is 0 Å². The number of aliphatic hydroxyl groups is 1. The van der Waals surface area contributed by atoms with Crippen LogP contribution >= 0.6 is 0 Å². The lowest BCUT2D eigenvalue weighted by Crippen LogP contribution is -2.26. The highest BCUT2D eigenvalue weighted by Gasteiger charge is 2.40. The molecule has 0 aromatic heterocycles. The van der Waals surface area contributed by atoms with E-state index in [1.165, 1.54) is 0 Å².